The van der Waals surface area contributed by atoms with E-state index in [1.165, 1.54) is 24.3 Å². The molecule has 5 nitrogen and oxygen atoms in total. The van der Waals surface area contributed by atoms with Crippen LogP contribution in [0.5, 0.6) is 0 Å². The van der Waals surface area contributed by atoms with Gasteiger partial charge in [0.25, 0.3) is 0 Å². The standard InChI is InChI=1S/C13H17F2NO4S/c1-9-6-16(7-11(8-17)20-9)10-2-4-12(5-3-10)21(18,19)13(14)15/h2-5,9,11,13,17H,6-8H2,1H3. The van der Waals surface area contributed by atoms with Crippen LogP contribution in [0, 0.1) is 0 Å². The van der Waals surface area contributed by atoms with E-state index < -0.39 is 20.5 Å². The zero-order valence-corrected chi connectivity index (χ0v) is 12.3. The third-order valence-corrected chi connectivity index (χ3v) is 4.69. The van der Waals surface area contributed by atoms with Crippen molar-refractivity contribution in [1.29, 1.82) is 0 Å². The topological polar surface area (TPSA) is 66.8 Å². The maximum atomic E-state index is 12.5. The molecule has 1 aromatic rings. The number of hydrogen-bond donors (Lipinski definition) is 1. The van der Waals surface area contributed by atoms with Crippen molar-refractivity contribution < 1.29 is 27.0 Å². The molecule has 0 radical (unpaired) electrons. The van der Waals surface area contributed by atoms with Gasteiger partial charge in [0.1, 0.15) is 0 Å². The van der Waals surface area contributed by atoms with Crippen LogP contribution in [-0.4, -0.2) is 51.2 Å². The smallest absolute Gasteiger partial charge is 0.341 e. The molecule has 1 saturated heterocycles. The monoisotopic (exact) mass is 321 g/mol. The third-order valence-electron chi connectivity index (χ3n) is 3.29. The Hall–Kier alpha value is -1.25. The minimum absolute atomic E-state index is 0.0830. The van der Waals surface area contributed by atoms with Gasteiger partial charge in [-0.1, -0.05) is 0 Å². The van der Waals surface area contributed by atoms with Gasteiger partial charge in [0.15, 0.2) is 0 Å². The molecule has 2 atom stereocenters. The van der Waals surface area contributed by atoms with E-state index in [4.69, 9.17) is 4.74 Å². The number of rotatable bonds is 4. The zero-order valence-electron chi connectivity index (χ0n) is 11.4. The molecule has 2 unspecified atom stereocenters. The van der Waals surface area contributed by atoms with Crippen molar-refractivity contribution >= 4 is 15.5 Å². The lowest BCUT2D eigenvalue weighted by Crippen LogP contribution is -2.48. The van der Waals surface area contributed by atoms with Crippen LogP contribution in [-0.2, 0) is 14.6 Å². The molecule has 0 spiro atoms. The normalized spacial score (nSPS) is 23.6. The molecule has 8 heteroatoms. The maximum absolute atomic E-state index is 12.5. The highest BCUT2D eigenvalue weighted by atomic mass is 32.2. The summed E-state index contributed by atoms with van der Waals surface area (Å²) in [5, 5.41) is 9.17. The molecular weight excluding hydrogens is 304 g/mol. The van der Waals surface area contributed by atoms with Crippen LogP contribution in [0.25, 0.3) is 0 Å². The quantitative estimate of drug-likeness (QED) is 0.904. The van der Waals surface area contributed by atoms with E-state index >= 15 is 0 Å². The van der Waals surface area contributed by atoms with E-state index in [0.29, 0.717) is 18.8 Å². The molecule has 2 rings (SSSR count). The molecule has 1 aliphatic rings. The summed E-state index contributed by atoms with van der Waals surface area (Å²) in [6.45, 7) is 2.79. The molecule has 0 bridgehead atoms. The van der Waals surface area contributed by atoms with Crippen molar-refractivity contribution in [3.05, 3.63) is 24.3 Å². The summed E-state index contributed by atoms with van der Waals surface area (Å²) in [4.78, 5) is 1.52. The van der Waals surface area contributed by atoms with Crippen molar-refractivity contribution in [1.82, 2.24) is 0 Å². The summed E-state index contributed by atoms with van der Waals surface area (Å²) in [7, 11) is -4.57. The van der Waals surface area contributed by atoms with Gasteiger partial charge in [0, 0.05) is 18.8 Å². The average molecular weight is 321 g/mol. The number of benzene rings is 1. The van der Waals surface area contributed by atoms with Crippen LogP contribution in [0.4, 0.5) is 14.5 Å². The maximum Gasteiger partial charge on any atom is 0.341 e. The Morgan fingerprint density at radius 1 is 1.33 bits per heavy atom. The summed E-state index contributed by atoms with van der Waals surface area (Å²) in [6, 6.07) is 5.32. The number of anilines is 1. The van der Waals surface area contributed by atoms with Crippen molar-refractivity contribution in [3.63, 3.8) is 0 Å². The van der Waals surface area contributed by atoms with Gasteiger partial charge in [-0.3, -0.25) is 0 Å². The fourth-order valence-corrected chi connectivity index (χ4v) is 3.03. The number of halogens is 2. The lowest BCUT2D eigenvalue weighted by molar-refractivity contribution is -0.0421. The van der Waals surface area contributed by atoms with E-state index in [0.717, 1.165) is 0 Å². The lowest BCUT2D eigenvalue weighted by Gasteiger charge is -2.37. The molecule has 0 saturated carbocycles. The SMILES string of the molecule is CC1CN(c2ccc(S(=O)(=O)C(F)F)cc2)CC(CO)O1. The highest BCUT2D eigenvalue weighted by molar-refractivity contribution is 7.91. The minimum Gasteiger partial charge on any atom is -0.394 e. The van der Waals surface area contributed by atoms with Crippen molar-refractivity contribution in [3.8, 4) is 0 Å². The predicted octanol–water partition coefficient (Wildman–Crippen LogP) is 1.27. The number of nitrogens with zero attached hydrogens (tertiary/aromatic N) is 1. The van der Waals surface area contributed by atoms with Crippen molar-refractivity contribution in [2.75, 3.05) is 24.6 Å². The third kappa shape index (κ3) is 3.50. The Kier molecular flexibility index (Phi) is 4.80. The lowest BCUT2D eigenvalue weighted by atomic mass is 10.2. The van der Waals surface area contributed by atoms with E-state index in [-0.39, 0.29) is 18.8 Å². The number of alkyl halides is 2. The number of sulfone groups is 1. The second-order valence-electron chi connectivity index (χ2n) is 4.96. The first kappa shape index (κ1) is 16.1. The molecule has 21 heavy (non-hydrogen) atoms. The van der Waals surface area contributed by atoms with Gasteiger partial charge in [-0.25, -0.2) is 8.42 Å². The fourth-order valence-electron chi connectivity index (χ4n) is 2.31. The predicted molar refractivity (Wildman–Crippen MR) is 73.3 cm³/mol. The molecule has 0 amide bonds. The molecular formula is C13H17F2NO4S. The average Bonchev–Trinajstić information content (AvgIpc) is 2.46. The Labute approximate surface area is 122 Å². The van der Waals surface area contributed by atoms with Crippen molar-refractivity contribution in [2.24, 2.45) is 0 Å². The Balaban J connectivity index is 2.19. The molecule has 1 aliphatic heterocycles. The van der Waals surface area contributed by atoms with E-state index in [9.17, 15) is 22.3 Å². The number of ether oxygens (including phenoxy) is 1. The summed E-state index contributed by atoms with van der Waals surface area (Å²) < 4.78 is 53.1. The number of morpholine rings is 1. The molecule has 1 N–H and O–H groups in total. The highest BCUT2D eigenvalue weighted by Gasteiger charge is 2.28. The van der Waals surface area contributed by atoms with Gasteiger partial charge in [-0.15, -0.1) is 0 Å². The fraction of sp³-hybridized carbons (Fsp3) is 0.538. The molecule has 1 heterocycles. The van der Waals surface area contributed by atoms with Gasteiger partial charge < -0.3 is 14.7 Å². The molecule has 0 aliphatic carbocycles. The van der Waals surface area contributed by atoms with Gasteiger partial charge >= 0.3 is 5.76 Å². The van der Waals surface area contributed by atoms with Crippen molar-refractivity contribution in [2.45, 2.75) is 29.8 Å². The van der Waals surface area contributed by atoms with Gasteiger partial charge in [-0.2, -0.15) is 8.78 Å². The molecule has 1 fully saturated rings. The second-order valence-corrected chi connectivity index (χ2v) is 6.87. The van der Waals surface area contributed by atoms with Gasteiger partial charge in [-0.05, 0) is 31.2 Å². The largest absolute Gasteiger partial charge is 0.394 e. The highest BCUT2D eigenvalue weighted by Crippen LogP contribution is 2.24. The van der Waals surface area contributed by atoms with Crippen LogP contribution in [0.3, 0.4) is 0 Å². The minimum atomic E-state index is -4.57. The number of aliphatic hydroxyl groups excluding tert-OH is 1. The second kappa shape index (κ2) is 6.25. The van der Waals surface area contributed by atoms with Gasteiger partial charge in [0.05, 0.1) is 23.7 Å². The number of hydrogen-bond acceptors (Lipinski definition) is 5. The van der Waals surface area contributed by atoms with Crippen LogP contribution < -0.4 is 4.90 Å². The van der Waals surface area contributed by atoms with E-state index in [1.54, 1.807) is 0 Å². The van der Waals surface area contributed by atoms with Gasteiger partial charge in [0.2, 0.25) is 9.84 Å². The molecule has 0 aromatic heterocycles. The molecule has 1 aromatic carbocycles. The van der Waals surface area contributed by atoms with E-state index in [1.807, 2.05) is 11.8 Å². The first-order valence-corrected chi connectivity index (χ1v) is 8.02. The first-order chi connectivity index (χ1) is 9.84. The first-order valence-electron chi connectivity index (χ1n) is 6.48. The number of aliphatic hydroxyl groups is 1. The van der Waals surface area contributed by atoms with Crippen LogP contribution >= 0.6 is 0 Å². The Morgan fingerprint density at radius 2 is 1.95 bits per heavy atom. The van der Waals surface area contributed by atoms with Crippen LogP contribution in [0.15, 0.2) is 29.2 Å². The molecule has 118 valence electrons. The summed E-state index contributed by atoms with van der Waals surface area (Å²) >= 11 is 0. The summed E-state index contributed by atoms with van der Waals surface area (Å²) in [5.41, 5.74) is 0.705. The Morgan fingerprint density at radius 3 is 2.48 bits per heavy atom. The van der Waals surface area contributed by atoms with Crippen LogP contribution in [0.1, 0.15) is 6.92 Å². The van der Waals surface area contributed by atoms with Crippen LogP contribution in [0.2, 0.25) is 0 Å². The summed E-state index contributed by atoms with van der Waals surface area (Å²) in [6.07, 6.45) is -0.404. The Bertz CT molecular complexity index is 576. The summed E-state index contributed by atoms with van der Waals surface area (Å²) in [5.74, 6) is -3.43. The zero-order chi connectivity index (χ0) is 15.6. The van der Waals surface area contributed by atoms with E-state index in [2.05, 4.69) is 0 Å².